The molecular weight excluding hydrogens is 534 g/mol. The first-order valence-corrected chi connectivity index (χ1v) is 13.9. The van der Waals surface area contributed by atoms with E-state index in [4.69, 9.17) is 9.47 Å². The molecule has 1 aromatic heterocycles. The number of rotatable bonds is 3. The summed E-state index contributed by atoms with van der Waals surface area (Å²) in [5, 5.41) is 24.8. The first-order valence-electron chi connectivity index (χ1n) is 11.9. The van der Waals surface area contributed by atoms with Crippen molar-refractivity contribution in [3.63, 3.8) is 0 Å². The minimum absolute atomic E-state index is 0.0510. The molecule has 0 radical (unpaired) electrons. The lowest BCUT2D eigenvalue weighted by molar-refractivity contribution is 0.0224. The van der Waals surface area contributed by atoms with E-state index in [-0.39, 0.29) is 28.6 Å². The summed E-state index contributed by atoms with van der Waals surface area (Å²) in [6.07, 6.45) is 7.50. The lowest BCUT2D eigenvalue weighted by Gasteiger charge is -2.37. The quantitative estimate of drug-likeness (QED) is 0.196. The van der Waals surface area contributed by atoms with Crippen molar-refractivity contribution in [2.75, 3.05) is 12.5 Å². The molecule has 4 aromatic rings. The van der Waals surface area contributed by atoms with Crippen LogP contribution >= 0.6 is 0 Å². The molecule has 6 rings (SSSR count). The second-order valence-electron chi connectivity index (χ2n) is 8.95. The number of phenolic OH excluding ortho intramolecular Hbond substituents is 2. The van der Waals surface area contributed by atoms with E-state index < -0.39 is 28.3 Å². The highest BCUT2D eigenvalue weighted by Crippen LogP contribution is 2.57. The van der Waals surface area contributed by atoms with Crippen LogP contribution in [0.2, 0.25) is 0 Å². The number of hydrogen-bond donors (Lipinski definition) is 3. The normalized spacial score (nSPS) is 16.3. The first-order chi connectivity index (χ1) is 19.2. The van der Waals surface area contributed by atoms with Gasteiger partial charge in [0.2, 0.25) is 0 Å². The van der Waals surface area contributed by atoms with E-state index in [0.29, 0.717) is 27.8 Å². The zero-order valence-electron chi connectivity index (χ0n) is 21.3. The number of carbonyl (C=O) groups is 2. The van der Waals surface area contributed by atoms with Crippen LogP contribution < -0.4 is 10.2 Å². The molecule has 1 atom stereocenters. The van der Waals surface area contributed by atoms with Crippen LogP contribution in [-0.4, -0.2) is 50.0 Å². The zero-order valence-corrected chi connectivity index (χ0v) is 22.1. The van der Waals surface area contributed by atoms with Crippen molar-refractivity contribution in [1.82, 2.24) is 10.4 Å². The average molecular weight is 558 g/mol. The van der Waals surface area contributed by atoms with Gasteiger partial charge in [-0.3, -0.25) is 14.0 Å². The summed E-state index contributed by atoms with van der Waals surface area (Å²) in [4.78, 5) is 29.1. The van der Waals surface area contributed by atoms with Crippen LogP contribution in [-0.2, 0) is 21.1 Å². The molecule has 202 valence electrons. The number of aromatic hydroxyl groups is 2. The Kier molecular flexibility index (Phi) is 7.05. The van der Waals surface area contributed by atoms with Gasteiger partial charge in [0.15, 0.2) is 5.60 Å². The van der Waals surface area contributed by atoms with Gasteiger partial charge in [-0.2, -0.15) is 5.10 Å². The summed E-state index contributed by atoms with van der Waals surface area (Å²) in [7, 11) is -0.611. The van der Waals surface area contributed by atoms with Crippen molar-refractivity contribution in [1.29, 1.82) is 0 Å². The fourth-order valence-electron chi connectivity index (χ4n) is 4.58. The first kappa shape index (κ1) is 26.6. The Balaban J connectivity index is 0.000000758. The maximum absolute atomic E-state index is 12.9. The Bertz CT molecular complexity index is 1690. The fourth-order valence-corrected chi connectivity index (χ4v) is 4.58. The van der Waals surface area contributed by atoms with Crippen LogP contribution in [0.25, 0.3) is 0 Å². The highest BCUT2D eigenvalue weighted by Gasteiger charge is 2.54. The van der Waals surface area contributed by atoms with E-state index in [2.05, 4.69) is 15.5 Å². The Hall–Kier alpha value is -5.03. The third kappa shape index (κ3) is 4.67. The molecular formula is C29H23N3O7S. The van der Waals surface area contributed by atoms with E-state index in [1.54, 1.807) is 48.9 Å². The molecule has 10 nitrogen and oxygen atoms in total. The van der Waals surface area contributed by atoms with Gasteiger partial charge >= 0.3 is 5.97 Å². The molecule has 0 bridgehead atoms. The average Bonchev–Trinajstić information content (AvgIpc) is 3.22. The molecule has 1 amide bonds. The van der Waals surface area contributed by atoms with Gasteiger partial charge in [-0.25, -0.2) is 10.2 Å². The molecule has 2 aliphatic heterocycles. The van der Waals surface area contributed by atoms with Crippen molar-refractivity contribution in [3.8, 4) is 23.0 Å². The molecule has 0 fully saturated rings. The number of fused-ring (bicyclic) bond motifs is 6. The summed E-state index contributed by atoms with van der Waals surface area (Å²) >= 11 is 0. The SMILES string of the molecule is CS(C)=O.O=C(N/N=C/c1c(O)ccc2c1Oc1cc(O)ccc1[C@@]21OC(=O)c2ccccc21)c1ccncc1. The number of amides is 1. The maximum Gasteiger partial charge on any atom is 0.340 e. The standard InChI is InChI=1S/C27H17N3O6.C2H6OS/c31-16-5-6-20-23(13-16)35-24-18(14-29-30-25(33)15-9-11-28-12-10-15)22(32)8-7-21(24)27(20)19-4-2-1-3-17(19)26(34)36-27;1-4(2)3/h1-14,31-32H,(H,30,33);1-2H3/b29-14+;/t27-;/m1./s1. The second-order valence-corrected chi connectivity index (χ2v) is 10.4. The van der Waals surface area contributed by atoms with Crippen molar-refractivity contribution >= 4 is 28.9 Å². The second kappa shape index (κ2) is 10.6. The number of ether oxygens (including phenoxy) is 2. The van der Waals surface area contributed by atoms with Gasteiger partial charge in [-0.15, -0.1) is 0 Å². The summed E-state index contributed by atoms with van der Waals surface area (Å²) in [5.74, 6) is -0.792. The lowest BCUT2D eigenvalue weighted by atomic mass is 9.77. The number of hydrogen-bond acceptors (Lipinski definition) is 9. The van der Waals surface area contributed by atoms with E-state index in [1.165, 1.54) is 48.9 Å². The Morgan fingerprint density at radius 1 is 1.00 bits per heavy atom. The molecule has 11 heteroatoms. The summed E-state index contributed by atoms with van der Waals surface area (Å²) < 4.78 is 21.7. The third-order valence-electron chi connectivity index (χ3n) is 6.18. The molecule has 0 saturated heterocycles. The maximum atomic E-state index is 12.9. The zero-order chi connectivity index (χ0) is 28.4. The Morgan fingerprint density at radius 3 is 2.45 bits per heavy atom. The molecule has 0 aliphatic carbocycles. The molecule has 1 spiro atoms. The van der Waals surface area contributed by atoms with E-state index in [9.17, 15) is 24.0 Å². The number of aromatic nitrogens is 1. The largest absolute Gasteiger partial charge is 0.508 e. The molecule has 40 heavy (non-hydrogen) atoms. The number of hydrazone groups is 1. The number of nitrogens with zero attached hydrogens (tertiary/aromatic N) is 2. The topological polar surface area (TPSA) is 147 Å². The smallest absolute Gasteiger partial charge is 0.340 e. The van der Waals surface area contributed by atoms with Crippen molar-refractivity contribution < 1.29 is 33.5 Å². The van der Waals surface area contributed by atoms with Crippen LogP contribution in [0.3, 0.4) is 0 Å². The van der Waals surface area contributed by atoms with Crippen LogP contribution in [0.4, 0.5) is 0 Å². The number of phenols is 2. The minimum atomic E-state index is -1.37. The molecule has 3 heterocycles. The highest BCUT2D eigenvalue weighted by molar-refractivity contribution is 7.83. The molecule has 0 unspecified atom stereocenters. The Morgan fingerprint density at radius 2 is 1.70 bits per heavy atom. The molecule has 3 N–H and O–H groups in total. The van der Waals surface area contributed by atoms with Gasteiger partial charge in [0.25, 0.3) is 5.91 Å². The van der Waals surface area contributed by atoms with Crippen LogP contribution in [0.5, 0.6) is 23.0 Å². The van der Waals surface area contributed by atoms with Crippen molar-refractivity contribution in [2.24, 2.45) is 5.10 Å². The highest BCUT2D eigenvalue weighted by atomic mass is 32.2. The number of benzene rings is 3. The summed E-state index contributed by atoms with van der Waals surface area (Å²) in [6, 6.07) is 17.7. The van der Waals surface area contributed by atoms with Crippen LogP contribution in [0.15, 0.2) is 84.2 Å². The van der Waals surface area contributed by atoms with Gasteiger partial charge in [0.1, 0.15) is 23.0 Å². The number of carbonyl (C=O) groups excluding carboxylic acids is 2. The van der Waals surface area contributed by atoms with E-state index >= 15 is 0 Å². The predicted molar refractivity (Wildman–Crippen MR) is 147 cm³/mol. The monoisotopic (exact) mass is 557 g/mol. The van der Waals surface area contributed by atoms with Gasteiger partial charge in [0.05, 0.1) is 17.3 Å². The van der Waals surface area contributed by atoms with Gasteiger partial charge in [0, 0.05) is 64.0 Å². The fraction of sp³-hybridized carbons (Fsp3) is 0.103. The minimum Gasteiger partial charge on any atom is -0.508 e. The molecule has 3 aromatic carbocycles. The van der Waals surface area contributed by atoms with E-state index in [1.807, 2.05) is 0 Å². The lowest BCUT2D eigenvalue weighted by Crippen LogP contribution is -2.33. The van der Waals surface area contributed by atoms with Gasteiger partial charge in [-0.05, 0) is 42.5 Å². The number of pyridine rings is 1. The summed E-state index contributed by atoms with van der Waals surface area (Å²) in [6.45, 7) is 0. The third-order valence-corrected chi connectivity index (χ3v) is 6.18. The molecule has 0 saturated carbocycles. The molecule has 2 aliphatic rings. The van der Waals surface area contributed by atoms with Crippen molar-refractivity contribution in [2.45, 2.75) is 5.60 Å². The Labute approximate surface area is 231 Å². The van der Waals surface area contributed by atoms with Gasteiger partial charge < -0.3 is 19.7 Å². The predicted octanol–water partition coefficient (Wildman–Crippen LogP) is 3.82. The summed E-state index contributed by atoms with van der Waals surface area (Å²) in [5.41, 5.74) is 3.52. The van der Waals surface area contributed by atoms with Crippen LogP contribution in [0.1, 0.15) is 43.0 Å². The van der Waals surface area contributed by atoms with Crippen molar-refractivity contribution in [3.05, 3.63) is 113 Å². The number of nitrogens with one attached hydrogen (secondary N) is 1. The number of esters is 1. The van der Waals surface area contributed by atoms with Gasteiger partial charge in [-0.1, -0.05) is 18.2 Å². The van der Waals surface area contributed by atoms with Crippen LogP contribution in [0, 0.1) is 0 Å². The van der Waals surface area contributed by atoms with E-state index in [0.717, 1.165) is 0 Å².